The highest BCUT2D eigenvalue weighted by Crippen LogP contribution is 2.19. The van der Waals surface area contributed by atoms with Crippen LogP contribution >= 0.6 is 0 Å². The van der Waals surface area contributed by atoms with Gasteiger partial charge in [-0.1, -0.05) is 6.07 Å². The van der Waals surface area contributed by atoms with Crippen LogP contribution in [0.25, 0.3) is 0 Å². The van der Waals surface area contributed by atoms with Crippen molar-refractivity contribution in [2.75, 3.05) is 13.7 Å². The van der Waals surface area contributed by atoms with E-state index >= 15 is 0 Å². The van der Waals surface area contributed by atoms with E-state index in [9.17, 15) is 4.79 Å². The summed E-state index contributed by atoms with van der Waals surface area (Å²) in [4.78, 5) is 11.9. The van der Waals surface area contributed by atoms with Crippen LogP contribution in [0.15, 0.2) is 48.5 Å². The zero-order valence-corrected chi connectivity index (χ0v) is 11.0. The Morgan fingerprint density at radius 2 is 1.85 bits per heavy atom. The molecule has 0 N–H and O–H groups in total. The summed E-state index contributed by atoms with van der Waals surface area (Å²) in [6.45, 7) is -0.0565. The molecule has 0 aliphatic heterocycles. The third-order valence-electron chi connectivity index (χ3n) is 2.75. The van der Waals surface area contributed by atoms with Crippen LogP contribution in [0.4, 0.5) is 0 Å². The number of nitriles is 1. The molecule has 0 bridgehead atoms. The van der Waals surface area contributed by atoms with Gasteiger partial charge < -0.3 is 9.47 Å². The maximum absolute atomic E-state index is 11.9. The SMILES string of the molecule is COc1cccc(OCC(=O)c2ccc(C#N)cc2)c1. The Kier molecular flexibility index (Phi) is 4.35. The van der Waals surface area contributed by atoms with E-state index in [-0.39, 0.29) is 12.4 Å². The quantitative estimate of drug-likeness (QED) is 0.781. The van der Waals surface area contributed by atoms with E-state index in [1.165, 1.54) is 0 Å². The molecular weight excluding hydrogens is 254 g/mol. The number of hydrogen-bond donors (Lipinski definition) is 0. The van der Waals surface area contributed by atoms with E-state index in [1.54, 1.807) is 55.6 Å². The Balaban J connectivity index is 1.99. The maximum atomic E-state index is 11.9. The van der Waals surface area contributed by atoms with Gasteiger partial charge in [-0.05, 0) is 36.4 Å². The van der Waals surface area contributed by atoms with Crippen molar-refractivity contribution >= 4 is 5.78 Å². The number of ketones is 1. The van der Waals surface area contributed by atoms with Gasteiger partial charge >= 0.3 is 0 Å². The van der Waals surface area contributed by atoms with Crippen molar-refractivity contribution in [3.05, 3.63) is 59.7 Å². The molecule has 2 aromatic carbocycles. The largest absolute Gasteiger partial charge is 0.497 e. The minimum absolute atomic E-state index is 0.0565. The minimum Gasteiger partial charge on any atom is -0.497 e. The fourth-order valence-electron chi connectivity index (χ4n) is 1.65. The highest BCUT2D eigenvalue weighted by molar-refractivity contribution is 5.97. The van der Waals surface area contributed by atoms with Crippen molar-refractivity contribution in [1.29, 1.82) is 5.26 Å². The molecule has 0 heterocycles. The highest BCUT2D eigenvalue weighted by Gasteiger charge is 2.07. The lowest BCUT2D eigenvalue weighted by Gasteiger charge is -2.07. The summed E-state index contributed by atoms with van der Waals surface area (Å²) < 4.78 is 10.5. The Morgan fingerprint density at radius 1 is 1.15 bits per heavy atom. The Bertz CT molecular complexity index is 642. The van der Waals surface area contributed by atoms with Crippen LogP contribution in [-0.4, -0.2) is 19.5 Å². The van der Waals surface area contributed by atoms with Crippen molar-refractivity contribution in [2.24, 2.45) is 0 Å². The first-order chi connectivity index (χ1) is 9.72. The van der Waals surface area contributed by atoms with Crippen molar-refractivity contribution in [3.8, 4) is 17.6 Å². The van der Waals surface area contributed by atoms with E-state index in [0.29, 0.717) is 22.6 Å². The normalized spacial score (nSPS) is 9.60. The summed E-state index contributed by atoms with van der Waals surface area (Å²) in [5.74, 6) is 1.11. The molecule has 0 aliphatic rings. The van der Waals surface area contributed by atoms with Crippen molar-refractivity contribution in [3.63, 3.8) is 0 Å². The molecule has 0 amide bonds. The van der Waals surface area contributed by atoms with Crippen molar-refractivity contribution in [2.45, 2.75) is 0 Å². The van der Waals surface area contributed by atoms with Gasteiger partial charge in [-0.15, -0.1) is 0 Å². The maximum Gasteiger partial charge on any atom is 0.200 e. The van der Waals surface area contributed by atoms with Crippen molar-refractivity contribution in [1.82, 2.24) is 0 Å². The number of hydrogen-bond acceptors (Lipinski definition) is 4. The second kappa shape index (κ2) is 6.39. The summed E-state index contributed by atoms with van der Waals surface area (Å²) in [6.07, 6.45) is 0. The predicted molar refractivity (Wildman–Crippen MR) is 74.0 cm³/mol. The second-order valence-electron chi connectivity index (χ2n) is 4.08. The standard InChI is InChI=1S/C16H13NO3/c1-19-14-3-2-4-15(9-14)20-11-16(18)13-7-5-12(10-17)6-8-13/h2-9H,11H2,1H3. The highest BCUT2D eigenvalue weighted by atomic mass is 16.5. The van der Waals surface area contributed by atoms with Gasteiger partial charge in [0.1, 0.15) is 11.5 Å². The lowest BCUT2D eigenvalue weighted by molar-refractivity contribution is 0.0921. The number of carbonyl (C=O) groups excluding carboxylic acids is 1. The van der Waals surface area contributed by atoms with E-state index in [1.807, 2.05) is 6.07 Å². The number of Topliss-reactive ketones (excluding diaryl/α,β-unsaturated/α-hetero) is 1. The van der Waals surface area contributed by atoms with Gasteiger partial charge in [0.05, 0.1) is 18.7 Å². The zero-order chi connectivity index (χ0) is 14.4. The van der Waals surface area contributed by atoms with Crippen LogP contribution in [-0.2, 0) is 0 Å². The van der Waals surface area contributed by atoms with Gasteiger partial charge in [0.25, 0.3) is 0 Å². The Labute approximate surface area is 117 Å². The smallest absolute Gasteiger partial charge is 0.200 e. The van der Waals surface area contributed by atoms with Crippen LogP contribution < -0.4 is 9.47 Å². The number of nitrogens with zero attached hydrogens (tertiary/aromatic N) is 1. The predicted octanol–water partition coefficient (Wildman–Crippen LogP) is 2.83. The molecule has 4 heteroatoms. The Hall–Kier alpha value is -2.80. The third kappa shape index (κ3) is 3.36. The zero-order valence-electron chi connectivity index (χ0n) is 11.0. The van der Waals surface area contributed by atoms with Crippen LogP contribution in [0.5, 0.6) is 11.5 Å². The molecule has 2 rings (SSSR count). The number of benzene rings is 2. The first-order valence-electron chi connectivity index (χ1n) is 6.03. The molecule has 0 fully saturated rings. The van der Waals surface area contributed by atoms with Crippen LogP contribution in [0.1, 0.15) is 15.9 Å². The molecule has 0 aliphatic carbocycles. The molecular formula is C16H13NO3. The molecule has 0 saturated carbocycles. The monoisotopic (exact) mass is 267 g/mol. The summed E-state index contributed by atoms with van der Waals surface area (Å²) in [5.41, 5.74) is 1.04. The first kappa shape index (κ1) is 13.6. The minimum atomic E-state index is -0.141. The fourth-order valence-corrected chi connectivity index (χ4v) is 1.65. The van der Waals surface area contributed by atoms with Gasteiger partial charge in [0, 0.05) is 11.6 Å². The van der Waals surface area contributed by atoms with Crippen LogP contribution in [0, 0.1) is 11.3 Å². The first-order valence-corrected chi connectivity index (χ1v) is 6.03. The van der Waals surface area contributed by atoms with E-state index in [4.69, 9.17) is 14.7 Å². The van der Waals surface area contributed by atoms with Gasteiger partial charge in [-0.25, -0.2) is 0 Å². The summed E-state index contributed by atoms with van der Waals surface area (Å²) in [5, 5.41) is 8.70. The molecule has 0 spiro atoms. The van der Waals surface area contributed by atoms with Crippen molar-refractivity contribution < 1.29 is 14.3 Å². The number of carbonyl (C=O) groups is 1. The topological polar surface area (TPSA) is 59.3 Å². The van der Waals surface area contributed by atoms with Crippen LogP contribution in [0.3, 0.4) is 0 Å². The molecule has 0 aromatic heterocycles. The number of methoxy groups -OCH3 is 1. The summed E-state index contributed by atoms with van der Waals surface area (Å²) in [7, 11) is 1.57. The molecule has 4 nitrogen and oxygen atoms in total. The molecule has 20 heavy (non-hydrogen) atoms. The second-order valence-corrected chi connectivity index (χ2v) is 4.08. The number of rotatable bonds is 5. The van der Waals surface area contributed by atoms with E-state index in [2.05, 4.69) is 0 Å². The Morgan fingerprint density at radius 3 is 2.50 bits per heavy atom. The summed E-state index contributed by atoms with van der Waals surface area (Å²) in [6, 6.07) is 15.5. The lowest BCUT2D eigenvalue weighted by Crippen LogP contribution is -2.11. The van der Waals surface area contributed by atoms with Gasteiger partial charge in [-0.2, -0.15) is 5.26 Å². The van der Waals surface area contributed by atoms with Crippen LogP contribution in [0.2, 0.25) is 0 Å². The molecule has 0 atom stereocenters. The molecule has 0 radical (unpaired) electrons. The average molecular weight is 267 g/mol. The van der Waals surface area contributed by atoms with Gasteiger partial charge in [-0.3, -0.25) is 4.79 Å². The third-order valence-corrected chi connectivity index (χ3v) is 2.75. The van der Waals surface area contributed by atoms with Gasteiger partial charge in [0.15, 0.2) is 12.4 Å². The van der Waals surface area contributed by atoms with E-state index < -0.39 is 0 Å². The molecule has 0 unspecified atom stereocenters. The van der Waals surface area contributed by atoms with Gasteiger partial charge in [0.2, 0.25) is 0 Å². The fraction of sp³-hybridized carbons (Fsp3) is 0.125. The molecule has 0 saturated heterocycles. The van der Waals surface area contributed by atoms with E-state index in [0.717, 1.165) is 0 Å². The molecule has 2 aromatic rings. The summed E-state index contributed by atoms with van der Waals surface area (Å²) >= 11 is 0. The lowest BCUT2D eigenvalue weighted by atomic mass is 10.1. The average Bonchev–Trinajstić information content (AvgIpc) is 2.53. The number of ether oxygens (including phenoxy) is 2. The molecule has 100 valence electrons.